The van der Waals surface area contributed by atoms with Crippen LogP contribution in [0.15, 0.2) is 224 Å². The molecule has 0 spiro atoms. The van der Waals surface area contributed by atoms with Crippen molar-refractivity contribution in [2.75, 3.05) is 4.90 Å². The Morgan fingerprint density at radius 3 is 1.54 bits per heavy atom. The number of rotatable bonds is 6. The van der Waals surface area contributed by atoms with Crippen molar-refractivity contribution >= 4 is 70.9 Å². The minimum atomic E-state index is 1.09. The molecule has 0 bridgehead atoms. The Morgan fingerprint density at radius 1 is 0.246 bits per heavy atom. The summed E-state index contributed by atoms with van der Waals surface area (Å²) in [5, 5.41) is 12.6. The van der Waals surface area contributed by atoms with Crippen LogP contribution in [0.4, 0.5) is 17.1 Å². The van der Waals surface area contributed by atoms with Crippen LogP contribution in [-0.2, 0) is 0 Å². The molecule has 11 rings (SSSR count). The second kappa shape index (κ2) is 13.7. The number of benzene rings is 11. The third kappa shape index (κ3) is 5.72. The first kappa shape index (κ1) is 32.9. The molecule has 0 aliphatic rings. The van der Waals surface area contributed by atoms with Crippen molar-refractivity contribution in [2.24, 2.45) is 0 Å². The van der Waals surface area contributed by atoms with E-state index in [1.807, 2.05) is 0 Å². The number of nitrogens with zero attached hydrogens (tertiary/aromatic N) is 1. The van der Waals surface area contributed by atoms with Gasteiger partial charge in [-0.15, -0.1) is 0 Å². The summed E-state index contributed by atoms with van der Waals surface area (Å²) in [4.78, 5) is 2.45. The molecule has 0 saturated heterocycles. The van der Waals surface area contributed by atoms with Gasteiger partial charge in [0, 0.05) is 16.9 Å². The van der Waals surface area contributed by atoms with E-state index in [0.29, 0.717) is 0 Å². The zero-order valence-electron chi connectivity index (χ0n) is 31.3. The molecule has 57 heavy (non-hydrogen) atoms. The molecule has 0 aromatic heterocycles. The van der Waals surface area contributed by atoms with Gasteiger partial charge in [0.1, 0.15) is 0 Å². The minimum absolute atomic E-state index is 1.09. The standard InChI is InChI=1S/C56H37N/c1-3-13-38(14-4-1)49-34-32-47(37-54(49)45-30-33-52-44(35-45)28-27-43-26-25-41-18-8-10-21-51(41)56(43)52)57(55-22-12-11-20-50(55)39-15-5-2-6-16-39)46-31-29-42-24-23-40-17-7-9-19-48(40)53(42)36-46/h1-37H. The molecule has 11 aromatic carbocycles. The summed E-state index contributed by atoms with van der Waals surface area (Å²) < 4.78 is 0. The van der Waals surface area contributed by atoms with Gasteiger partial charge in [0.2, 0.25) is 0 Å². The number of hydrogen-bond donors (Lipinski definition) is 0. The fraction of sp³-hybridized carbons (Fsp3) is 0. The second-order valence-corrected chi connectivity index (χ2v) is 14.9. The number of anilines is 3. The molecule has 0 radical (unpaired) electrons. The molecule has 0 unspecified atom stereocenters. The van der Waals surface area contributed by atoms with Gasteiger partial charge in [-0.3, -0.25) is 0 Å². The maximum Gasteiger partial charge on any atom is 0.0540 e. The lowest BCUT2D eigenvalue weighted by atomic mass is 9.90. The van der Waals surface area contributed by atoms with Crippen LogP contribution >= 0.6 is 0 Å². The van der Waals surface area contributed by atoms with Crippen LogP contribution < -0.4 is 4.90 Å². The third-order valence-electron chi connectivity index (χ3n) is 11.6. The summed E-state index contributed by atoms with van der Waals surface area (Å²) in [5.41, 5.74) is 10.4. The number of fused-ring (bicyclic) bond motifs is 8. The van der Waals surface area contributed by atoms with E-state index in [1.165, 1.54) is 87.2 Å². The van der Waals surface area contributed by atoms with Gasteiger partial charge in [0.25, 0.3) is 0 Å². The molecule has 0 heterocycles. The average molecular weight is 724 g/mol. The van der Waals surface area contributed by atoms with E-state index in [-0.39, 0.29) is 0 Å². The molecule has 11 aromatic rings. The maximum absolute atomic E-state index is 2.45. The van der Waals surface area contributed by atoms with Crippen molar-refractivity contribution in [2.45, 2.75) is 0 Å². The van der Waals surface area contributed by atoms with Crippen LogP contribution in [-0.4, -0.2) is 0 Å². The molecule has 0 fully saturated rings. The highest BCUT2D eigenvalue weighted by Crippen LogP contribution is 2.45. The van der Waals surface area contributed by atoms with E-state index < -0.39 is 0 Å². The Hall–Kier alpha value is -7.48. The van der Waals surface area contributed by atoms with Gasteiger partial charge < -0.3 is 4.90 Å². The molecule has 0 atom stereocenters. The lowest BCUT2D eigenvalue weighted by Gasteiger charge is -2.29. The quantitative estimate of drug-likeness (QED) is 0.154. The summed E-state index contributed by atoms with van der Waals surface area (Å²) in [6, 6.07) is 82.2. The SMILES string of the molecule is c1ccc(-c2ccc(N(c3ccc4ccc5ccccc5c4c3)c3ccccc3-c3ccccc3)cc2-c2ccc3c(ccc4ccc5ccccc5c43)c2)cc1. The molecule has 0 aliphatic carbocycles. The molecule has 266 valence electrons. The Balaban J connectivity index is 1.17. The van der Waals surface area contributed by atoms with Crippen molar-refractivity contribution < 1.29 is 0 Å². The fourth-order valence-electron chi connectivity index (χ4n) is 8.87. The summed E-state index contributed by atoms with van der Waals surface area (Å²) in [5.74, 6) is 0. The van der Waals surface area contributed by atoms with Gasteiger partial charge in [0.05, 0.1) is 5.69 Å². The first-order valence-electron chi connectivity index (χ1n) is 19.7. The number of hydrogen-bond acceptors (Lipinski definition) is 1. The number of para-hydroxylation sites is 1. The van der Waals surface area contributed by atoms with Gasteiger partial charge in [-0.1, -0.05) is 188 Å². The molecular weight excluding hydrogens is 687 g/mol. The topological polar surface area (TPSA) is 3.24 Å². The van der Waals surface area contributed by atoms with Crippen LogP contribution in [0.1, 0.15) is 0 Å². The second-order valence-electron chi connectivity index (χ2n) is 14.9. The van der Waals surface area contributed by atoms with Gasteiger partial charge in [0.15, 0.2) is 0 Å². The first-order valence-corrected chi connectivity index (χ1v) is 19.7. The molecule has 0 amide bonds. The molecule has 0 saturated carbocycles. The molecular formula is C56H37N. The highest BCUT2D eigenvalue weighted by atomic mass is 15.1. The van der Waals surface area contributed by atoms with Crippen molar-refractivity contribution in [3.05, 3.63) is 224 Å². The van der Waals surface area contributed by atoms with Crippen LogP contribution in [0.25, 0.3) is 87.2 Å². The van der Waals surface area contributed by atoms with Crippen molar-refractivity contribution in [1.82, 2.24) is 0 Å². The highest BCUT2D eigenvalue weighted by Gasteiger charge is 2.20. The summed E-state index contributed by atoms with van der Waals surface area (Å²) in [6.45, 7) is 0. The van der Waals surface area contributed by atoms with E-state index in [2.05, 4.69) is 229 Å². The van der Waals surface area contributed by atoms with Gasteiger partial charge in [-0.25, -0.2) is 0 Å². The Morgan fingerprint density at radius 2 is 0.772 bits per heavy atom. The van der Waals surface area contributed by atoms with Crippen LogP contribution in [0.5, 0.6) is 0 Å². The van der Waals surface area contributed by atoms with E-state index >= 15 is 0 Å². The van der Waals surface area contributed by atoms with E-state index in [1.54, 1.807) is 0 Å². The third-order valence-corrected chi connectivity index (χ3v) is 11.6. The Labute approximate surface area is 332 Å². The van der Waals surface area contributed by atoms with Gasteiger partial charge in [-0.2, -0.15) is 0 Å². The zero-order valence-corrected chi connectivity index (χ0v) is 31.3. The van der Waals surface area contributed by atoms with Crippen molar-refractivity contribution in [3.63, 3.8) is 0 Å². The van der Waals surface area contributed by atoms with Crippen LogP contribution in [0, 0.1) is 0 Å². The van der Waals surface area contributed by atoms with Crippen LogP contribution in [0.2, 0.25) is 0 Å². The van der Waals surface area contributed by atoms with Crippen molar-refractivity contribution in [1.29, 1.82) is 0 Å². The monoisotopic (exact) mass is 723 g/mol. The smallest absolute Gasteiger partial charge is 0.0540 e. The van der Waals surface area contributed by atoms with E-state index in [4.69, 9.17) is 0 Å². The predicted octanol–water partition coefficient (Wildman–Crippen LogP) is 15.9. The lowest BCUT2D eigenvalue weighted by molar-refractivity contribution is 1.29. The maximum atomic E-state index is 2.45. The molecule has 0 N–H and O–H groups in total. The molecule has 0 aliphatic heterocycles. The lowest BCUT2D eigenvalue weighted by Crippen LogP contribution is -2.11. The van der Waals surface area contributed by atoms with Gasteiger partial charge in [-0.05, 0) is 118 Å². The first-order chi connectivity index (χ1) is 28.3. The van der Waals surface area contributed by atoms with E-state index in [9.17, 15) is 0 Å². The highest BCUT2D eigenvalue weighted by molar-refractivity contribution is 6.20. The summed E-state index contributed by atoms with van der Waals surface area (Å²) in [6.07, 6.45) is 0. The van der Waals surface area contributed by atoms with Crippen LogP contribution in [0.3, 0.4) is 0 Å². The normalized spacial score (nSPS) is 11.5. The summed E-state index contributed by atoms with van der Waals surface area (Å²) in [7, 11) is 0. The van der Waals surface area contributed by atoms with Crippen molar-refractivity contribution in [3.8, 4) is 33.4 Å². The Bertz CT molecular complexity index is 3290. The predicted molar refractivity (Wildman–Crippen MR) is 245 cm³/mol. The fourth-order valence-corrected chi connectivity index (χ4v) is 8.87. The van der Waals surface area contributed by atoms with Gasteiger partial charge >= 0.3 is 0 Å². The zero-order chi connectivity index (χ0) is 37.7. The molecule has 1 nitrogen and oxygen atoms in total. The Kier molecular flexibility index (Phi) is 7.89. The minimum Gasteiger partial charge on any atom is -0.310 e. The van der Waals surface area contributed by atoms with E-state index in [0.717, 1.165) is 17.1 Å². The largest absolute Gasteiger partial charge is 0.310 e. The summed E-state index contributed by atoms with van der Waals surface area (Å²) >= 11 is 0. The molecule has 1 heteroatoms. The average Bonchev–Trinajstić information content (AvgIpc) is 3.29.